The molecule has 19 heteroatoms. The van der Waals surface area contributed by atoms with Gasteiger partial charge in [-0.05, 0) is 57.0 Å². The van der Waals surface area contributed by atoms with Crippen molar-refractivity contribution < 1.29 is 81.0 Å². The van der Waals surface area contributed by atoms with Gasteiger partial charge >= 0.3 is 6.09 Å². The normalized spacial score (nSPS) is 27.4. The van der Waals surface area contributed by atoms with Gasteiger partial charge in [0.15, 0.2) is 25.2 Å². The molecule has 2 amide bonds. The minimum absolute atomic E-state index is 0.0447. The van der Waals surface area contributed by atoms with Crippen molar-refractivity contribution in [2.45, 2.75) is 151 Å². The van der Waals surface area contributed by atoms with Crippen LogP contribution in [0.25, 0.3) is 11.1 Å². The minimum Gasteiger partial charge on any atom is -0.449 e. The first-order chi connectivity index (χ1) is 48.2. The van der Waals surface area contributed by atoms with Gasteiger partial charge < -0.3 is 82.1 Å². The molecule has 1 aliphatic carbocycles. The number of benzene rings is 8. The van der Waals surface area contributed by atoms with Gasteiger partial charge in [0, 0.05) is 31.6 Å². The molecule has 8 aromatic carbocycles. The van der Waals surface area contributed by atoms with E-state index in [0.29, 0.717) is 0 Å². The number of ether oxygens (including phenoxy) is 14. The first kappa shape index (κ1) is 68.5. The maximum Gasteiger partial charge on any atom is 0.407 e. The number of fused-ring (bicyclic) bond motifs is 4. The van der Waals surface area contributed by atoms with Crippen molar-refractivity contribution in [3.63, 3.8) is 0 Å². The van der Waals surface area contributed by atoms with Crippen molar-refractivity contribution in [1.82, 2.24) is 10.6 Å². The van der Waals surface area contributed by atoms with Gasteiger partial charge in [-0.1, -0.05) is 231 Å². The third kappa shape index (κ3) is 16.8. The maximum atomic E-state index is 14.6. The molecule has 0 saturated carbocycles. The van der Waals surface area contributed by atoms with Crippen molar-refractivity contribution in [1.29, 1.82) is 0 Å². The first-order valence-corrected chi connectivity index (χ1v) is 33.6. The fourth-order valence-electron chi connectivity index (χ4n) is 13.5. The zero-order valence-electron chi connectivity index (χ0n) is 54.8. The Morgan fingerprint density at radius 2 is 0.929 bits per heavy atom. The number of hydrogen-bond acceptors (Lipinski definition) is 17. The molecule has 98 heavy (non-hydrogen) atoms. The summed E-state index contributed by atoms with van der Waals surface area (Å²) in [6.07, 6.45) is -16.2. The van der Waals surface area contributed by atoms with Crippen molar-refractivity contribution in [2.75, 3.05) is 33.5 Å². The summed E-state index contributed by atoms with van der Waals surface area (Å²) in [5.41, 5.74) is 9.53. The summed E-state index contributed by atoms with van der Waals surface area (Å²) in [6, 6.07) is 73.5. The number of carbonyl (C=O) groups is 2. The Kier molecular flexibility index (Phi) is 23.5. The van der Waals surface area contributed by atoms with Gasteiger partial charge in [-0.15, -0.1) is 0 Å². The second-order valence-corrected chi connectivity index (χ2v) is 25.0. The van der Waals surface area contributed by atoms with E-state index < -0.39 is 117 Å². The number of alkyl carbamates (subject to hydrolysis) is 1. The highest BCUT2D eigenvalue weighted by atomic mass is 16.8. The van der Waals surface area contributed by atoms with Crippen LogP contribution >= 0.6 is 0 Å². The Hall–Kier alpha value is -8.06. The molecule has 0 unspecified atom stereocenters. The first-order valence-electron chi connectivity index (χ1n) is 33.6. The lowest BCUT2D eigenvalue weighted by Gasteiger charge is -2.52. The van der Waals surface area contributed by atoms with Crippen molar-refractivity contribution in [2.24, 2.45) is 0 Å². The lowest BCUT2D eigenvalue weighted by molar-refractivity contribution is -0.395. The van der Waals surface area contributed by atoms with Crippen LogP contribution in [0.15, 0.2) is 231 Å². The monoisotopic (exact) mass is 1330 g/mol. The number of amides is 2. The highest BCUT2D eigenvalue weighted by molar-refractivity contribution is 5.79. The SMILES string of the molecule is CO[C@@H]1O[C@@H]2CO[C@@H](c3ccccc3)O[C@H]2[C@H](O[C@@H]2O[C@@H](C)[C@H](OCc3ccccc3)[C@@H](O[C@@H]3O[C@@H](CO)[C@H](OCc4ccccc4)[C@@H](OCc4ccccc4)[C@H]3OCc3ccccc3)[C@H]2OCc2ccccc2)[C@H]1NC(=O)CCNC(=O)OCC1c2ccccc2-c2ccccc21. The maximum absolute atomic E-state index is 14.6. The fourth-order valence-corrected chi connectivity index (χ4v) is 13.5. The van der Waals surface area contributed by atoms with E-state index in [1.807, 2.05) is 213 Å². The quantitative estimate of drug-likeness (QED) is 0.0417. The molecule has 4 heterocycles. The molecule has 4 aliphatic heterocycles. The zero-order valence-corrected chi connectivity index (χ0v) is 54.8. The molecule has 3 N–H and O–H groups in total. The molecule has 19 nitrogen and oxygen atoms in total. The topological polar surface area (TPSA) is 208 Å². The Labute approximate surface area is 571 Å². The van der Waals surface area contributed by atoms with Crippen LogP contribution in [0, 0.1) is 0 Å². The van der Waals surface area contributed by atoms with Crippen LogP contribution in [0.1, 0.15) is 70.1 Å². The average molecular weight is 1330 g/mol. The van der Waals surface area contributed by atoms with Crippen molar-refractivity contribution in [3.05, 3.63) is 275 Å². The Bertz CT molecular complexity index is 3710. The van der Waals surface area contributed by atoms with E-state index in [4.69, 9.17) is 66.3 Å². The van der Waals surface area contributed by atoms with Gasteiger partial charge in [0.1, 0.15) is 73.7 Å². The molecule has 4 saturated heterocycles. The van der Waals surface area contributed by atoms with Crippen LogP contribution in [-0.4, -0.2) is 143 Å². The summed E-state index contributed by atoms with van der Waals surface area (Å²) in [7, 11) is 1.48. The molecule has 0 spiro atoms. The van der Waals surface area contributed by atoms with Crippen LogP contribution in [0.5, 0.6) is 0 Å². The Morgan fingerprint density at radius 1 is 0.480 bits per heavy atom. The minimum atomic E-state index is -1.33. The number of hydrogen-bond donors (Lipinski definition) is 3. The third-order valence-electron chi connectivity index (χ3n) is 18.4. The molecular weight excluding hydrogens is 1250 g/mol. The van der Waals surface area contributed by atoms with Crippen LogP contribution in [0.4, 0.5) is 4.79 Å². The second kappa shape index (κ2) is 33.7. The van der Waals surface area contributed by atoms with Crippen LogP contribution in [-0.2, 0) is 104 Å². The largest absolute Gasteiger partial charge is 0.449 e. The van der Waals surface area contributed by atoms with E-state index in [2.05, 4.69) is 34.9 Å². The molecule has 0 bridgehead atoms. The second-order valence-electron chi connectivity index (χ2n) is 25.0. The van der Waals surface area contributed by atoms with E-state index in [1.165, 1.54) is 7.11 Å². The van der Waals surface area contributed by atoms with E-state index in [1.54, 1.807) is 0 Å². The number of aliphatic hydroxyl groups is 1. The molecule has 8 aromatic rings. The third-order valence-corrected chi connectivity index (χ3v) is 18.4. The summed E-state index contributed by atoms with van der Waals surface area (Å²) in [6.45, 7) is 2.13. The predicted molar refractivity (Wildman–Crippen MR) is 360 cm³/mol. The lowest BCUT2D eigenvalue weighted by atomic mass is 9.94. The average Bonchev–Trinajstić information content (AvgIpc) is 1.23. The van der Waals surface area contributed by atoms with E-state index in [0.717, 1.165) is 55.6 Å². The van der Waals surface area contributed by atoms with E-state index >= 15 is 0 Å². The molecule has 5 aliphatic rings. The molecule has 0 radical (unpaired) electrons. The molecule has 0 aromatic heterocycles. The Balaban J connectivity index is 0.829. The van der Waals surface area contributed by atoms with Gasteiger partial charge in [0.25, 0.3) is 0 Å². The number of methoxy groups -OCH3 is 1. The summed E-state index contributed by atoms with van der Waals surface area (Å²) >= 11 is 0. The van der Waals surface area contributed by atoms with Gasteiger partial charge in [-0.2, -0.15) is 0 Å². The van der Waals surface area contributed by atoms with Crippen LogP contribution in [0.3, 0.4) is 0 Å². The number of aliphatic hydroxyl groups excluding tert-OH is 1. The van der Waals surface area contributed by atoms with E-state index in [-0.39, 0.29) is 65.1 Å². The zero-order chi connectivity index (χ0) is 67.0. The van der Waals surface area contributed by atoms with Crippen molar-refractivity contribution in [3.8, 4) is 11.1 Å². The summed E-state index contributed by atoms with van der Waals surface area (Å²) in [4.78, 5) is 28.0. The molecular formula is C79H84N2O17. The standard InChI is InChI=1S/C79H84N2O17/c1-51-67(86-44-52-25-9-3-10-26-52)72(98-78-73(89-47-55-31-15-6-16-32-55)71(88-46-54-29-13-5-14-30-54)68(63(43-82)94-78)87-45-53-27-11-4-12-28-53)74(90-48-56-33-17-7-18-34-56)77(93-51)97-70-66(76(85-2)95-64-50-91-75(96-69(64)70)57-35-19-8-20-36-57)81-65(83)41-42-80-79(84)92-49-62-60-39-23-21-37-58(60)59-38-22-24-40-61(59)62/h3-40,51,62-64,66-78,82H,41-50H2,1-2H3,(H,80,84)(H,81,83)/t51-,63-,64+,66+,67-,68-,69+,70+,71+,72+,73+,74+,75+,76+,77-,78-/m0/s1. The predicted octanol–water partition coefficient (Wildman–Crippen LogP) is 11.0. The summed E-state index contributed by atoms with van der Waals surface area (Å²) in [5.74, 6) is -0.615. The van der Waals surface area contributed by atoms with Crippen molar-refractivity contribution >= 4 is 12.0 Å². The highest BCUT2D eigenvalue weighted by Gasteiger charge is 2.58. The number of nitrogens with one attached hydrogen (secondary N) is 2. The molecule has 4 fully saturated rings. The Morgan fingerprint density at radius 3 is 1.45 bits per heavy atom. The smallest absolute Gasteiger partial charge is 0.407 e. The van der Waals surface area contributed by atoms with Gasteiger partial charge in [-0.3, -0.25) is 4.79 Å². The molecule has 512 valence electrons. The van der Waals surface area contributed by atoms with Gasteiger partial charge in [-0.25, -0.2) is 4.79 Å². The highest BCUT2D eigenvalue weighted by Crippen LogP contribution is 2.45. The number of carbonyl (C=O) groups excluding carboxylic acids is 2. The fraction of sp³-hybridized carbons (Fsp3) is 0.367. The van der Waals surface area contributed by atoms with Crippen LogP contribution in [0.2, 0.25) is 0 Å². The molecule has 13 rings (SSSR count). The number of rotatable bonds is 28. The summed E-state index contributed by atoms with van der Waals surface area (Å²) < 4.78 is 96.3. The van der Waals surface area contributed by atoms with Crippen LogP contribution < -0.4 is 10.6 Å². The molecule has 16 atom stereocenters. The van der Waals surface area contributed by atoms with E-state index in [9.17, 15) is 14.7 Å². The summed E-state index contributed by atoms with van der Waals surface area (Å²) in [5, 5.41) is 17.5. The lowest BCUT2D eigenvalue weighted by Crippen LogP contribution is -2.70. The van der Waals surface area contributed by atoms with Gasteiger partial charge in [0.2, 0.25) is 5.91 Å². The van der Waals surface area contributed by atoms with Gasteiger partial charge in [0.05, 0.1) is 52.4 Å².